The van der Waals surface area contributed by atoms with Crippen LogP contribution in [0.5, 0.6) is 5.75 Å². The van der Waals surface area contributed by atoms with Crippen molar-refractivity contribution in [3.05, 3.63) is 58.1 Å². The maximum Gasteiger partial charge on any atom is 0.308 e. The van der Waals surface area contributed by atoms with Crippen molar-refractivity contribution in [1.29, 1.82) is 0 Å². The predicted molar refractivity (Wildman–Crippen MR) is 105 cm³/mol. The largest absolute Gasteiger partial charge is 0.494 e. The highest BCUT2D eigenvalue weighted by Gasteiger charge is 2.28. The molecule has 1 unspecified atom stereocenters. The molecule has 0 saturated heterocycles. The highest BCUT2D eigenvalue weighted by atomic mass is 35.5. The number of hydrogen-bond donors (Lipinski definition) is 1. The predicted octanol–water partition coefficient (Wildman–Crippen LogP) is 4.49. The number of aliphatic carboxylic acids is 1. The molecule has 0 aromatic heterocycles. The molecule has 0 aliphatic carbocycles. The number of halogens is 1. The smallest absolute Gasteiger partial charge is 0.308 e. The molecule has 0 radical (unpaired) electrons. The lowest BCUT2D eigenvalue weighted by Crippen LogP contribution is -2.39. The number of aryl methyl sites for hydroxylation is 2. The third-order valence-electron chi connectivity index (χ3n) is 4.84. The van der Waals surface area contributed by atoms with Gasteiger partial charge in [-0.2, -0.15) is 0 Å². The second-order valence-corrected chi connectivity index (χ2v) is 7.27. The van der Waals surface area contributed by atoms with Crippen molar-refractivity contribution >= 4 is 23.3 Å². The van der Waals surface area contributed by atoms with Gasteiger partial charge in [0.2, 0.25) is 0 Å². The van der Waals surface area contributed by atoms with Crippen molar-refractivity contribution in [2.24, 2.45) is 5.92 Å². The Hall–Kier alpha value is -2.20. The Balaban J connectivity index is 1.60. The number of carbonyl (C=O) groups is 1. The molecule has 5 heteroatoms. The highest BCUT2D eigenvalue weighted by Crippen LogP contribution is 2.30. The van der Waals surface area contributed by atoms with Crippen LogP contribution in [0.2, 0.25) is 5.02 Å². The molecular formula is C21H24ClNO3. The van der Waals surface area contributed by atoms with Crippen LogP contribution in [0, 0.1) is 19.8 Å². The van der Waals surface area contributed by atoms with Gasteiger partial charge in [0.05, 0.1) is 12.5 Å². The van der Waals surface area contributed by atoms with Crippen molar-refractivity contribution in [2.75, 3.05) is 24.6 Å². The SMILES string of the molecule is Cc1cc(OCCCN2CC(C(=O)O)Cc3ccccc32)cc(C)c1Cl. The van der Waals surface area contributed by atoms with Crippen LogP contribution >= 0.6 is 11.6 Å². The van der Waals surface area contributed by atoms with E-state index in [1.165, 1.54) is 0 Å². The van der Waals surface area contributed by atoms with Crippen molar-refractivity contribution in [3.8, 4) is 5.75 Å². The zero-order valence-electron chi connectivity index (χ0n) is 15.2. The zero-order chi connectivity index (χ0) is 18.7. The van der Waals surface area contributed by atoms with Crippen LogP contribution in [0.1, 0.15) is 23.1 Å². The second kappa shape index (κ2) is 8.00. The number of carboxylic acids is 1. The van der Waals surface area contributed by atoms with E-state index in [0.29, 0.717) is 19.6 Å². The number of nitrogens with zero attached hydrogens (tertiary/aromatic N) is 1. The first kappa shape index (κ1) is 18.6. The molecule has 2 aromatic rings. The van der Waals surface area contributed by atoms with E-state index in [9.17, 15) is 9.90 Å². The first-order chi connectivity index (χ1) is 12.5. The Morgan fingerprint density at radius 2 is 1.96 bits per heavy atom. The Morgan fingerprint density at radius 3 is 2.65 bits per heavy atom. The van der Waals surface area contributed by atoms with Gasteiger partial charge < -0.3 is 14.7 Å². The average molecular weight is 374 g/mol. The fraction of sp³-hybridized carbons (Fsp3) is 0.381. The number of fused-ring (bicyclic) bond motifs is 1. The minimum atomic E-state index is -0.729. The monoisotopic (exact) mass is 373 g/mol. The van der Waals surface area contributed by atoms with Crippen LogP contribution in [-0.2, 0) is 11.2 Å². The summed E-state index contributed by atoms with van der Waals surface area (Å²) in [6, 6.07) is 12.0. The van der Waals surface area contributed by atoms with Crippen LogP contribution in [0.25, 0.3) is 0 Å². The summed E-state index contributed by atoms with van der Waals surface area (Å²) in [6.07, 6.45) is 1.42. The molecule has 1 N–H and O–H groups in total. The molecule has 1 aliphatic rings. The van der Waals surface area contributed by atoms with Gasteiger partial charge in [0.25, 0.3) is 0 Å². The van der Waals surface area contributed by atoms with Crippen LogP contribution in [-0.4, -0.2) is 30.8 Å². The minimum absolute atomic E-state index is 0.354. The molecule has 138 valence electrons. The number of rotatable bonds is 6. The fourth-order valence-corrected chi connectivity index (χ4v) is 3.61. The summed E-state index contributed by atoms with van der Waals surface area (Å²) >= 11 is 6.19. The van der Waals surface area contributed by atoms with E-state index in [4.69, 9.17) is 16.3 Å². The Morgan fingerprint density at radius 1 is 1.27 bits per heavy atom. The average Bonchev–Trinajstić information content (AvgIpc) is 2.62. The number of hydrogen-bond acceptors (Lipinski definition) is 3. The van der Waals surface area contributed by atoms with E-state index >= 15 is 0 Å². The maximum atomic E-state index is 11.5. The number of carboxylic acid groups (broad SMARTS) is 1. The first-order valence-corrected chi connectivity index (χ1v) is 9.28. The molecule has 0 spiro atoms. The van der Waals surface area contributed by atoms with Gasteiger partial charge in [-0.05, 0) is 61.6 Å². The van der Waals surface area contributed by atoms with E-state index in [-0.39, 0.29) is 5.92 Å². The van der Waals surface area contributed by atoms with E-state index < -0.39 is 5.97 Å². The molecule has 1 aliphatic heterocycles. The lowest BCUT2D eigenvalue weighted by Gasteiger charge is -2.34. The number of benzene rings is 2. The van der Waals surface area contributed by atoms with Gasteiger partial charge in [-0.15, -0.1) is 0 Å². The fourth-order valence-electron chi connectivity index (χ4n) is 3.50. The Kier molecular flexibility index (Phi) is 5.72. The first-order valence-electron chi connectivity index (χ1n) is 8.91. The van der Waals surface area contributed by atoms with Crippen LogP contribution in [0.3, 0.4) is 0 Å². The Bertz CT molecular complexity index is 783. The molecule has 0 fully saturated rings. The zero-order valence-corrected chi connectivity index (χ0v) is 15.9. The van der Waals surface area contributed by atoms with Gasteiger partial charge in [0.1, 0.15) is 5.75 Å². The molecule has 2 aromatic carbocycles. The number of para-hydroxylation sites is 1. The molecule has 3 rings (SSSR count). The van der Waals surface area contributed by atoms with Crippen molar-refractivity contribution in [1.82, 2.24) is 0 Å². The summed E-state index contributed by atoms with van der Waals surface area (Å²) < 4.78 is 5.87. The molecule has 1 atom stereocenters. The maximum absolute atomic E-state index is 11.5. The van der Waals surface area contributed by atoms with Gasteiger partial charge in [-0.25, -0.2) is 0 Å². The third-order valence-corrected chi connectivity index (χ3v) is 5.44. The topological polar surface area (TPSA) is 49.8 Å². The Labute approximate surface area is 159 Å². The van der Waals surface area contributed by atoms with E-state index in [1.54, 1.807) is 0 Å². The summed E-state index contributed by atoms with van der Waals surface area (Å²) in [5, 5.41) is 10.2. The van der Waals surface area contributed by atoms with Crippen LogP contribution in [0.4, 0.5) is 5.69 Å². The van der Waals surface area contributed by atoms with Crippen molar-refractivity contribution in [2.45, 2.75) is 26.7 Å². The lowest BCUT2D eigenvalue weighted by atomic mass is 9.92. The highest BCUT2D eigenvalue weighted by molar-refractivity contribution is 6.32. The molecule has 4 nitrogen and oxygen atoms in total. The van der Waals surface area contributed by atoms with Crippen molar-refractivity contribution < 1.29 is 14.6 Å². The quantitative estimate of drug-likeness (QED) is 0.758. The molecular weight excluding hydrogens is 350 g/mol. The molecule has 0 amide bonds. The summed E-state index contributed by atoms with van der Waals surface area (Å²) in [4.78, 5) is 13.6. The van der Waals surface area contributed by atoms with Crippen LogP contribution in [0.15, 0.2) is 36.4 Å². The minimum Gasteiger partial charge on any atom is -0.494 e. The molecule has 0 saturated carbocycles. The molecule has 26 heavy (non-hydrogen) atoms. The summed E-state index contributed by atoms with van der Waals surface area (Å²) in [6.45, 7) is 5.84. The van der Waals surface area contributed by atoms with E-state index in [1.807, 2.05) is 44.2 Å². The number of ether oxygens (including phenoxy) is 1. The molecule has 0 bridgehead atoms. The summed E-state index contributed by atoms with van der Waals surface area (Å²) in [5.74, 6) is -0.257. The standard InChI is InChI=1S/C21H24ClNO3/c1-14-10-18(11-15(2)20(14)22)26-9-5-8-23-13-17(21(24)25)12-16-6-3-4-7-19(16)23/h3-4,6-7,10-11,17H,5,8-9,12-13H2,1-2H3,(H,24,25). The third kappa shape index (κ3) is 4.13. The molecule has 1 heterocycles. The lowest BCUT2D eigenvalue weighted by molar-refractivity contribution is -0.141. The summed E-state index contributed by atoms with van der Waals surface area (Å²) in [5.41, 5.74) is 4.27. The normalized spacial score (nSPS) is 16.3. The second-order valence-electron chi connectivity index (χ2n) is 6.89. The van der Waals surface area contributed by atoms with Crippen molar-refractivity contribution in [3.63, 3.8) is 0 Å². The number of anilines is 1. The van der Waals surface area contributed by atoms with Gasteiger partial charge >= 0.3 is 5.97 Å². The van der Waals surface area contributed by atoms with Crippen LogP contribution < -0.4 is 9.64 Å². The van der Waals surface area contributed by atoms with E-state index in [2.05, 4.69) is 11.0 Å². The van der Waals surface area contributed by atoms with Gasteiger partial charge in [-0.3, -0.25) is 4.79 Å². The van der Waals surface area contributed by atoms with Gasteiger partial charge in [-0.1, -0.05) is 29.8 Å². The van der Waals surface area contributed by atoms with Gasteiger partial charge in [0, 0.05) is 23.8 Å². The van der Waals surface area contributed by atoms with Gasteiger partial charge in [0.15, 0.2) is 0 Å². The van der Waals surface area contributed by atoms with E-state index in [0.717, 1.165) is 46.1 Å². The summed E-state index contributed by atoms with van der Waals surface area (Å²) in [7, 11) is 0.